The predicted molar refractivity (Wildman–Crippen MR) is 112 cm³/mol. The van der Waals surface area contributed by atoms with E-state index in [2.05, 4.69) is 41.3 Å². The molecule has 2 aromatic rings. The number of nitrogens with zero attached hydrogens (tertiary/aromatic N) is 4. The third kappa shape index (κ3) is 4.19. The van der Waals surface area contributed by atoms with E-state index in [0.717, 1.165) is 30.8 Å². The number of hydrogen-bond acceptors (Lipinski definition) is 4. The molecule has 1 aliphatic rings. The standard InChI is InChI=1S/C20H25N5OS/c1-4-23(5-2)17-9-7-15(8-10-17)11-18-19(26)25(20(27)22-18)14-16-12-21-24(6-3)13-16/h7-13H,4-6,14H2,1-3H3,(H,22,27)/b18-11+. The zero-order valence-corrected chi connectivity index (χ0v) is 16.8. The topological polar surface area (TPSA) is 53.4 Å². The van der Waals surface area contributed by atoms with E-state index < -0.39 is 0 Å². The van der Waals surface area contributed by atoms with E-state index in [-0.39, 0.29) is 5.91 Å². The summed E-state index contributed by atoms with van der Waals surface area (Å²) in [6.45, 7) is 9.45. The summed E-state index contributed by atoms with van der Waals surface area (Å²) in [5.41, 5.74) is 3.60. The Morgan fingerprint density at radius 2 is 1.89 bits per heavy atom. The summed E-state index contributed by atoms with van der Waals surface area (Å²) < 4.78 is 1.83. The fourth-order valence-corrected chi connectivity index (χ4v) is 3.35. The number of hydrogen-bond donors (Lipinski definition) is 1. The number of aromatic nitrogens is 2. The lowest BCUT2D eigenvalue weighted by atomic mass is 10.1. The largest absolute Gasteiger partial charge is 0.372 e. The van der Waals surface area contributed by atoms with Crippen molar-refractivity contribution in [1.82, 2.24) is 20.0 Å². The van der Waals surface area contributed by atoms with Crippen molar-refractivity contribution in [3.63, 3.8) is 0 Å². The molecular formula is C20H25N5OS. The van der Waals surface area contributed by atoms with Gasteiger partial charge in [-0.3, -0.25) is 14.4 Å². The van der Waals surface area contributed by atoms with Crippen LogP contribution in [0.2, 0.25) is 0 Å². The van der Waals surface area contributed by atoms with Crippen molar-refractivity contribution in [3.8, 4) is 0 Å². The van der Waals surface area contributed by atoms with Gasteiger partial charge in [0.2, 0.25) is 0 Å². The summed E-state index contributed by atoms with van der Waals surface area (Å²) in [5, 5.41) is 7.71. The van der Waals surface area contributed by atoms with Crippen LogP contribution < -0.4 is 10.2 Å². The Balaban J connectivity index is 1.73. The first-order valence-electron chi connectivity index (χ1n) is 9.26. The maximum Gasteiger partial charge on any atom is 0.276 e. The molecule has 6 nitrogen and oxygen atoms in total. The van der Waals surface area contributed by atoms with E-state index in [9.17, 15) is 4.79 Å². The van der Waals surface area contributed by atoms with Crippen LogP contribution in [0.1, 0.15) is 31.9 Å². The molecule has 0 unspecified atom stereocenters. The quantitative estimate of drug-likeness (QED) is 0.588. The maximum absolute atomic E-state index is 12.7. The number of carbonyl (C=O) groups excluding carboxylic acids is 1. The van der Waals surface area contributed by atoms with Crippen molar-refractivity contribution in [2.24, 2.45) is 0 Å². The van der Waals surface area contributed by atoms with Gasteiger partial charge < -0.3 is 10.2 Å². The van der Waals surface area contributed by atoms with E-state index in [4.69, 9.17) is 12.2 Å². The van der Waals surface area contributed by atoms with Gasteiger partial charge in [0.05, 0.1) is 12.7 Å². The van der Waals surface area contributed by atoms with Crippen LogP contribution in [-0.4, -0.2) is 38.8 Å². The van der Waals surface area contributed by atoms with Gasteiger partial charge in [-0.15, -0.1) is 0 Å². The summed E-state index contributed by atoms with van der Waals surface area (Å²) >= 11 is 5.35. The molecule has 142 valence electrons. The number of benzene rings is 1. The second-order valence-electron chi connectivity index (χ2n) is 6.35. The molecule has 0 atom stereocenters. The van der Waals surface area contributed by atoms with Gasteiger partial charge in [-0.2, -0.15) is 5.10 Å². The van der Waals surface area contributed by atoms with Crippen LogP contribution in [0.3, 0.4) is 0 Å². The Morgan fingerprint density at radius 3 is 2.48 bits per heavy atom. The lowest BCUT2D eigenvalue weighted by molar-refractivity contribution is -0.122. The fraction of sp³-hybridized carbons (Fsp3) is 0.350. The predicted octanol–water partition coefficient (Wildman–Crippen LogP) is 3.01. The normalized spacial score (nSPS) is 15.5. The third-order valence-corrected chi connectivity index (χ3v) is 4.97. The van der Waals surface area contributed by atoms with Gasteiger partial charge in [-0.05, 0) is 56.8 Å². The highest BCUT2D eigenvalue weighted by atomic mass is 32.1. The van der Waals surface area contributed by atoms with Gasteiger partial charge in [0.15, 0.2) is 5.11 Å². The average molecular weight is 384 g/mol. The minimum Gasteiger partial charge on any atom is -0.372 e. The molecule has 0 radical (unpaired) electrons. The van der Waals surface area contributed by atoms with Gasteiger partial charge in [0.25, 0.3) is 5.91 Å². The molecule has 7 heteroatoms. The van der Waals surface area contributed by atoms with Crippen LogP contribution in [0, 0.1) is 0 Å². The van der Waals surface area contributed by atoms with E-state index in [1.54, 1.807) is 11.1 Å². The summed E-state index contributed by atoms with van der Waals surface area (Å²) in [5.74, 6) is -0.114. The number of anilines is 1. The molecule has 3 rings (SSSR count). The molecule has 27 heavy (non-hydrogen) atoms. The first kappa shape index (κ1) is 19.1. The van der Waals surface area contributed by atoms with Gasteiger partial charge in [-0.25, -0.2) is 0 Å². The Hall–Kier alpha value is -2.67. The van der Waals surface area contributed by atoms with E-state index in [1.165, 1.54) is 5.69 Å². The SMILES string of the molecule is CCN(CC)c1ccc(/C=C2/NC(=S)N(Cc3cnn(CC)c3)C2=O)cc1. The van der Waals surface area contributed by atoms with E-state index >= 15 is 0 Å². The molecule has 1 fully saturated rings. The molecule has 1 aliphatic heterocycles. The Bertz CT molecular complexity index is 852. The van der Waals surface area contributed by atoms with Crippen molar-refractivity contribution >= 4 is 35.0 Å². The molecule has 1 amide bonds. The molecule has 1 aromatic carbocycles. The number of carbonyl (C=O) groups is 1. The van der Waals surface area contributed by atoms with Crippen molar-refractivity contribution in [1.29, 1.82) is 0 Å². The van der Waals surface area contributed by atoms with Gasteiger partial charge in [-0.1, -0.05) is 12.1 Å². The summed E-state index contributed by atoms with van der Waals surface area (Å²) in [6, 6.07) is 8.20. The minimum absolute atomic E-state index is 0.114. The average Bonchev–Trinajstić information content (AvgIpc) is 3.24. The first-order chi connectivity index (χ1) is 13.0. The van der Waals surface area contributed by atoms with Crippen molar-refractivity contribution < 1.29 is 4.79 Å². The second-order valence-corrected chi connectivity index (χ2v) is 6.73. The highest BCUT2D eigenvalue weighted by molar-refractivity contribution is 7.80. The zero-order valence-electron chi connectivity index (χ0n) is 16.0. The second kappa shape index (κ2) is 8.35. The lowest BCUT2D eigenvalue weighted by Gasteiger charge is -2.20. The fourth-order valence-electron chi connectivity index (χ4n) is 3.10. The van der Waals surface area contributed by atoms with Crippen LogP contribution in [0.5, 0.6) is 0 Å². The molecule has 1 saturated heterocycles. The van der Waals surface area contributed by atoms with E-state index in [0.29, 0.717) is 17.4 Å². The minimum atomic E-state index is -0.114. The molecule has 0 spiro atoms. The molecule has 0 bridgehead atoms. The molecule has 0 saturated carbocycles. The number of rotatable bonds is 7. The Morgan fingerprint density at radius 1 is 1.19 bits per heavy atom. The van der Waals surface area contributed by atoms with Crippen LogP contribution in [0.15, 0.2) is 42.4 Å². The smallest absolute Gasteiger partial charge is 0.276 e. The zero-order chi connectivity index (χ0) is 19.4. The monoisotopic (exact) mass is 383 g/mol. The molecule has 0 aliphatic carbocycles. The van der Waals surface area contributed by atoms with Gasteiger partial charge in [0, 0.05) is 37.1 Å². The van der Waals surface area contributed by atoms with Crippen molar-refractivity contribution in [3.05, 3.63) is 53.5 Å². The lowest BCUT2D eigenvalue weighted by Crippen LogP contribution is -2.29. The third-order valence-electron chi connectivity index (χ3n) is 4.65. The summed E-state index contributed by atoms with van der Waals surface area (Å²) in [6.07, 6.45) is 5.55. The maximum atomic E-state index is 12.7. The highest BCUT2D eigenvalue weighted by Crippen LogP contribution is 2.19. The Kier molecular flexibility index (Phi) is 5.91. The van der Waals surface area contributed by atoms with E-state index in [1.807, 2.05) is 36.0 Å². The van der Waals surface area contributed by atoms with Gasteiger partial charge >= 0.3 is 0 Å². The Labute approximate surface area is 165 Å². The molecule has 1 aromatic heterocycles. The molecule has 2 heterocycles. The molecular weight excluding hydrogens is 358 g/mol. The van der Waals surface area contributed by atoms with Crippen LogP contribution in [-0.2, 0) is 17.9 Å². The number of aryl methyl sites for hydroxylation is 1. The number of thiocarbonyl (C=S) groups is 1. The van der Waals surface area contributed by atoms with Crippen molar-refractivity contribution in [2.45, 2.75) is 33.9 Å². The van der Waals surface area contributed by atoms with Crippen LogP contribution in [0.4, 0.5) is 5.69 Å². The number of amides is 1. The van der Waals surface area contributed by atoms with Crippen LogP contribution >= 0.6 is 12.2 Å². The summed E-state index contributed by atoms with van der Waals surface area (Å²) in [4.78, 5) is 16.6. The summed E-state index contributed by atoms with van der Waals surface area (Å²) in [7, 11) is 0. The first-order valence-corrected chi connectivity index (χ1v) is 9.67. The highest BCUT2D eigenvalue weighted by Gasteiger charge is 2.30. The van der Waals surface area contributed by atoms with Crippen molar-refractivity contribution in [2.75, 3.05) is 18.0 Å². The number of nitrogens with one attached hydrogen (secondary N) is 1. The van der Waals surface area contributed by atoms with Gasteiger partial charge in [0.1, 0.15) is 5.70 Å². The molecule has 1 N–H and O–H groups in total. The van der Waals surface area contributed by atoms with Crippen LogP contribution in [0.25, 0.3) is 6.08 Å².